The van der Waals surface area contributed by atoms with Crippen molar-refractivity contribution in [3.8, 4) is 5.75 Å². The van der Waals surface area contributed by atoms with Crippen molar-refractivity contribution >= 4 is 23.2 Å². The molecule has 0 unspecified atom stereocenters. The zero-order valence-corrected chi connectivity index (χ0v) is 15.7. The minimum absolute atomic E-state index is 0.160. The number of nitrogens with zero attached hydrogens (tertiary/aromatic N) is 2. The van der Waals surface area contributed by atoms with E-state index in [9.17, 15) is 9.90 Å². The summed E-state index contributed by atoms with van der Waals surface area (Å²) in [5.74, 6) is 0.445. The molecule has 5 nitrogen and oxygen atoms in total. The Balaban J connectivity index is 1.46. The van der Waals surface area contributed by atoms with Crippen LogP contribution < -0.4 is 9.80 Å². The molecule has 138 valence electrons. The fourth-order valence-corrected chi connectivity index (χ4v) is 3.35. The number of piperazine rings is 1. The van der Waals surface area contributed by atoms with Gasteiger partial charge in [-0.05, 0) is 42.0 Å². The van der Waals surface area contributed by atoms with E-state index in [0.717, 1.165) is 37.4 Å². The second-order valence-electron chi connectivity index (χ2n) is 6.81. The number of aromatic hydroxyl groups is 1. The highest BCUT2D eigenvalue weighted by atomic mass is 35.5. The Hall–Kier alpha value is -2.24. The van der Waals surface area contributed by atoms with E-state index in [2.05, 4.69) is 4.90 Å². The number of phenols is 1. The smallest absolute Gasteiger partial charge is 0.277 e. The van der Waals surface area contributed by atoms with Crippen LogP contribution in [0.25, 0.3) is 0 Å². The lowest BCUT2D eigenvalue weighted by atomic mass is 10.2. The van der Waals surface area contributed by atoms with Crippen LogP contribution in [0, 0.1) is 0 Å². The number of carbonyl (C=O) groups is 1. The van der Waals surface area contributed by atoms with Gasteiger partial charge in [-0.1, -0.05) is 23.7 Å². The molecule has 1 amide bonds. The van der Waals surface area contributed by atoms with E-state index >= 15 is 0 Å². The Morgan fingerprint density at radius 2 is 1.73 bits per heavy atom. The van der Waals surface area contributed by atoms with Gasteiger partial charge in [0.15, 0.2) is 6.54 Å². The van der Waals surface area contributed by atoms with Gasteiger partial charge in [-0.2, -0.15) is 0 Å². The van der Waals surface area contributed by atoms with Gasteiger partial charge in [0.05, 0.1) is 26.2 Å². The van der Waals surface area contributed by atoms with E-state index in [4.69, 9.17) is 11.6 Å². The first-order valence-electron chi connectivity index (χ1n) is 8.87. The van der Waals surface area contributed by atoms with Gasteiger partial charge in [0.1, 0.15) is 5.75 Å². The van der Waals surface area contributed by atoms with Crippen molar-refractivity contribution in [2.24, 2.45) is 0 Å². The third kappa shape index (κ3) is 4.90. The Labute approximate surface area is 159 Å². The molecule has 2 aromatic carbocycles. The number of benzene rings is 2. The van der Waals surface area contributed by atoms with Gasteiger partial charge < -0.3 is 19.8 Å². The van der Waals surface area contributed by atoms with Crippen LogP contribution in [0.4, 0.5) is 5.69 Å². The number of nitrogens with one attached hydrogen (secondary N) is 1. The highest BCUT2D eigenvalue weighted by molar-refractivity contribution is 6.30. The fourth-order valence-electron chi connectivity index (χ4n) is 3.22. The summed E-state index contributed by atoms with van der Waals surface area (Å²) in [6.07, 6.45) is 0. The zero-order chi connectivity index (χ0) is 18.5. The van der Waals surface area contributed by atoms with E-state index < -0.39 is 0 Å². The molecule has 6 heteroatoms. The van der Waals surface area contributed by atoms with Crippen LogP contribution >= 0.6 is 11.6 Å². The Morgan fingerprint density at radius 3 is 2.35 bits per heavy atom. The molecule has 0 bridgehead atoms. The monoisotopic (exact) mass is 374 g/mol. The molecule has 1 aliphatic rings. The first-order chi connectivity index (χ1) is 12.5. The van der Waals surface area contributed by atoms with Crippen molar-refractivity contribution in [3.05, 3.63) is 59.1 Å². The molecule has 26 heavy (non-hydrogen) atoms. The van der Waals surface area contributed by atoms with E-state index in [-0.39, 0.29) is 11.7 Å². The summed E-state index contributed by atoms with van der Waals surface area (Å²) in [5.41, 5.74) is 2.20. The molecule has 0 spiro atoms. The molecule has 0 saturated carbocycles. The van der Waals surface area contributed by atoms with Crippen LogP contribution in [-0.4, -0.2) is 55.7 Å². The number of halogens is 1. The second-order valence-corrected chi connectivity index (χ2v) is 7.24. The molecule has 2 aromatic rings. The normalized spacial score (nSPS) is 15.1. The average molecular weight is 375 g/mol. The van der Waals surface area contributed by atoms with Crippen molar-refractivity contribution in [1.29, 1.82) is 0 Å². The molecular weight excluding hydrogens is 350 g/mol. The predicted octanol–water partition coefficient (Wildman–Crippen LogP) is 1.41. The number of anilines is 1. The minimum Gasteiger partial charge on any atom is -0.508 e. The Morgan fingerprint density at radius 1 is 1.12 bits per heavy atom. The fraction of sp³-hybridized carbons (Fsp3) is 0.350. The van der Waals surface area contributed by atoms with Gasteiger partial charge in [-0.25, -0.2) is 0 Å². The largest absolute Gasteiger partial charge is 0.508 e. The van der Waals surface area contributed by atoms with Crippen molar-refractivity contribution in [3.63, 3.8) is 0 Å². The lowest BCUT2D eigenvalue weighted by molar-refractivity contribution is -0.892. The summed E-state index contributed by atoms with van der Waals surface area (Å²) in [6, 6.07) is 14.9. The highest BCUT2D eigenvalue weighted by Gasteiger charge is 2.23. The molecule has 1 aliphatic heterocycles. The van der Waals surface area contributed by atoms with Crippen molar-refractivity contribution in [2.75, 3.05) is 44.7 Å². The second kappa shape index (κ2) is 8.43. The Kier molecular flexibility index (Phi) is 6.01. The molecule has 0 radical (unpaired) electrons. The quantitative estimate of drug-likeness (QED) is 0.832. The number of hydrogen-bond acceptors (Lipinski definition) is 3. The van der Waals surface area contributed by atoms with E-state index in [1.807, 2.05) is 43.4 Å². The minimum atomic E-state index is 0.160. The molecule has 2 N–H and O–H groups in total. The van der Waals surface area contributed by atoms with Crippen molar-refractivity contribution in [1.82, 2.24) is 4.90 Å². The lowest BCUT2D eigenvalue weighted by Crippen LogP contribution is -3.15. The van der Waals surface area contributed by atoms with Gasteiger partial charge in [0.25, 0.3) is 5.91 Å². The summed E-state index contributed by atoms with van der Waals surface area (Å²) < 4.78 is 0. The standard InChI is InChI=1S/C20H24ClN3O2/c1-22(14-16-2-4-17(21)5-3-16)20(26)15-23-10-12-24(13-11-23)18-6-8-19(25)9-7-18/h2-9,25H,10-15H2,1H3/p+1. The summed E-state index contributed by atoms with van der Waals surface area (Å²) >= 11 is 5.90. The van der Waals surface area contributed by atoms with Crippen LogP contribution in [0.5, 0.6) is 5.75 Å². The van der Waals surface area contributed by atoms with Gasteiger partial charge >= 0.3 is 0 Å². The number of amides is 1. The molecule has 1 fully saturated rings. The molecule has 0 aromatic heterocycles. The molecule has 0 aliphatic carbocycles. The summed E-state index contributed by atoms with van der Waals surface area (Å²) in [4.78, 5) is 17.9. The number of hydrogen-bond donors (Lipinski definition) is 2. The molecule has 3 rings (SSSR count). The topological polar surface area (TPSA) is 48.2 Å². The number of quaternary nitrogens is 1. The van der Waals surface area contributed by atoms with E-state index in [1.165, 1.54) is 4.90 Å². The van der Waals surface area contributed by atoms with Gasteiger partial charge in [-0.3, -0.25) is 4.79 Å². The average Bonchev–Trinajstić information content (AvgIpc) is 2.65. The van der Waals surface area contributed by atoms with Crippen molar-refractivity contribution < 1.29 is 14.8 Å². The third-order valence-corrected chi connectivity index (χ3v) is 5.10. The summed E-state index contributed by atoms with van der Waals surface area (Å²) in [5, 5.41) is 10.1. The first-order valence-corrected chi connectivity index (χ1v) is 9.25. The number of likely N-dealkylation sites (N-methyl/N-ethyl adjacent to an activating group) is 1. The van der Waals surface area contributed by atoms with Gasteiger partial charge in [0, 0.05) is 24.3 Å². The van der Waals surface area contributed by atoms with Crippen molar-refractivity contribution in [2.45, 2.75) is 6.54 Å². The molecule has 1 heterocycles. The summed E-state index contributed by atoms with van der Waals surface area (Å²) in [6.45, 7) is 4.81. The van der Waals surface area contributed by atoms with Crippen LogP contribution in [-0.2, 0) is 11.3 Å². The molecule has 1 saturated heterocycles. The molecule has 0 atom stereocenters. The van der Waals surface area contributed by atoms with Crippen LogP contribution in [0.15, 0.2) is 48.5 Å². The van der Waals surface area contributed by atoms with Gasteiger partial charge in [-0.15, -0.1) is 0 Å². The zero-order valence-electron chi connectivity index (χ0n) is 15.0. The number of carbonyl (C=O) groups excluding carboxylic acids is 1. The maximum atomic E-state index is 12.5. The third-order valence-electron chi connectivity index (χ3n) is 4.85. The SMILES string of the molecule is CN(Cc1ccc(Cl)cc1)C(=O)C[NH+]1CCN(c2ccc(O)cc2)CC1. The van der Waals surface area contributed by atoms with Gasteiger partial charge in [0.2, 0.25) is 0 Å². The number of rotatable bonds is 5. The predicted molar refractivity (Wildman–Crippen MR) is 104 cm³/mol. The lowest BCUT2D eigenvalue weighted by Gasteiger charge is -2.34. The first kappa shape index (κ1) is 18.5. The van der Waals surface area contributed by atoms with Crippen LogP contribution in [0.1, 0.15) is 5.56 Å². The maximum Gasteiger partial charge on any atom is 0.277 e. The molecular formula is C20H25ClN3O2+. The van der Waals surface area contributed by atoms with E-state index in [1.54, 1.807) is 17.0 Å². The van der Waals surface area contributed by atoms with E-state index in [0.29, 0.717) is 18.1 Å². The van der Waals surface area contributed by atoms with Crippen LogP contribution in [0.2, 0.25) is 5.02 Å². The Bertz CT molecular complexity index is 726. The number of phenolic OH excluding ortho intramolecular Hbond substituents is 1. The highest BCUT2D eigenvalue weighted by Crippen LogP contribution is 2.18. The summed E-state index contributed by atoms with van der Waals surface area (Å²) in [7, 11) is 1.85. The van der Waals surface area contributed by atoms with Crippen LogP contribution in [0.3, 0.4) is 0 Å². The maximum absolute atomic E-state index is 12.5.